The number of carbonyl (C=O) groups is 4. The van der Waals surface area contributed by atoms with Crippen LogP contribution in [0.2, 0.25) is 0 Å². The molecule has 1 aromatic carbocycles. The fourth-order valence-corrected chi connectivity index (χ4v) is 7.21. The largest absolute Gasteiger partial charge is 1.00 e. The Labute approximate surface area is 298 Å². The van der Waals surface area contributed by atoms with Gasteiger partial charge in [0.05, 0.1) is 51.3 Å². The first-order valence-electron chi connectivity index (χ1n) is 13.4. The van der Waals surface area contributed by atoms with Gasteiger partial charge in [0.25, 0.3) is 0 Å². The van der Waals surface area contributed by atoms with Crippen molar-refractivity contribution in [1.29, 1.82) is 0 Å². The number of hydrogen-bond acceptors (Lipinski definition) is 11. The number of aliphatic hydroxyl groups is 1. The molecular formula is C27H25FN4Na2O9S. The van der Waals surface area contributed by atoms with Gasteiger partial charge in [0.15, 0.2) is 5.43 Å². The number of aliphatic carboxylic acids is 1. The molecule has 2 amide bonds. The standard InChI is InChI=1S/C27H27FN4O9S.2Na/c1-12(33)20-23(35)32-21(26(38)39)19(42-24(20)32)11-41-27(40)30-6-4-29(5-7-30)18-9-17-14(8-16(18)28)22(34)15(25(36)37)10-31(17)13-2-3-13;;/h8-10,12-13,20,24,33H,2-7,11H2,1H3,(H,36,37)(H,38,39);;/q;2*+1/p-2. The first-order chi connectivity index (χ1) is 20.0. The van der Waals surface area contributed by atoms with Crippen LogP contribution < -0.4 is 79.7 Å². The van der Waals surface area contributed by atoms with E-state index in [9.17, 15) is 39.3 Å². The Bertz CT molecular complexity index is 1640. The third-order valence-electron chi connectivity index (χ3n) is 8.03. The number of benzene rings is 1. The van der Waals surface area contributed by atoms with Crippen molar-refractivity contribution in [3.8, 4) is 0 Å². The van der Waals surface area contributed by atoms with Gasteiger partial charge in [0, 0.05) is 43.8 Å². The van der Waals surface area contributed by atoms with Crippen molar-refractivity contribution in [3.05, 3.63) is 50.5 Å². The van der Waals surface area contributed by atoms with E-state index in [-0.39, 0.29) is 113 Å². The number of amides is 2. The zero-order valence-electron chi connectivity index (χ0n) is 24.3. The Balaban J connectivity index is 0.00000221. The van der Waals surface area contributed by atoms with E-state index in [0.29, 0.717) is 5.52 Å². The first kappa shape index (κ1) is 34.8. The SMILES string of the molecule is CC(O)C1C(=O)N2C(C(=O)[O-])=C(COC(=O)N3CCN(c4cc5c(cc4F)c(=O)c(C(=O)[O-])cn5C4CC4)CC3)SC12.[Na+].[Na+]. The number of aromatic carboxylic acids is 1. The van der Waals surface area contributed by atoms with Crippen molar-refractivity contribution in [1.82, 2.24) is 14.4 Å². The summed E-state index contributed by atoms with van der Waals surface area (Å²) >= 11 is 1.03. The van der Waals surface area contributed by atoms with Crippen molar-refractivity contribution in [2.45, 2.75) is 37.3 Å². The molecule has 1 aliphatic carbocycles. The summed E-state index contributed by atoms with van der Waals surface area (Å²) in [7, 11) is 0. The van der Waals surface area contributed by atoms with Crippen LogP contribution in [-0.2, 0) is 14.3 Å². The van der Waals surface area contributed by atoms with Gasteiger partial charge in [0.2, 0.25) is 5.91 Å². The summed E-state index contributed by atoms with van der Waals surface area (Å²) in [6, 6.07) is 2.56. The molecule has 3 unspecified atom stereocenters. The van der Waals surface area contributed by atoms with E-state index in [1.165, 1.54) is 24.1 Å². The van der Waals surface area contributed by atoms with Crippen LogP contribution in [0.25, 0.3) is 10.9 Å². The van der Waals surface area contributed by atoms with E-state index in [4.69, 9.17) is 4.74 Å². The zero-order valence-corrected chi connectivity index (χ0v) is 29.1. The van der Waals surface area contributed by atoms with Crippen LogP contribution in [0.5, 0.6) is 0 Å². The van der Waals surface area contributed by atoms with Crippen molar-refractivity contribution in [2.75, 3.05) is 37.7 Å². The number of hydrogen-bond donors (Lipinski definition) is 1. The minimum Gasteiger partial charge on any atom is -0.545 e. The number of aliphatic hydroxyl groups excluding tert-OH is 1. The monoisotopic (exact) mass is 646 g/mol. The quantitative estimate of drug-likeness (QED) is 0.224. The number of thioether (sulfide) groups is 1. The molecule has 3 atom stereocenters. The number of pyridine rings is 1. The third kappa shape index (κ3) is 6.05. The number of aromatic nitrogens is 1. The Hall–Kier alpha value is -2.11. The average Bonchev–Trinajstić information content (AvgIpc) is 3.73. The summed E-state index contributed by atoms with van der Waals surface area (Å²) in [5.41, 5.74) is -1.08. The van der Waals surface area contributed by atoms with E-state index < -0.39 is 64.8 Å². The number of ether oxygens (including phenoxy) is 1. The molecule has 0 spiro atoms. The first-order valence-corrected chi connectivity index (χ1v) is 14.2. The second-order valence-electron chi connectivity index (χ2n) is 10.7. The Kier molecular flexibility index (Phi) is 10.5. The smallest absolute Gasteiger partial charge is 0.545 e. The summed E-state index contributed by atoms with van der Waals surface area (Å²) in [6.07, 6.45) is 1.16. The summed E-state index contributed by atoms with van der Waals surface area (Å²) in [5.74, 6) is -5.21. The molecule has 1 saturated carbocycles. The van der Waals surface area contributed by atoms with E-state index in [1.807, 2.05) is 0 Å². The molecule has 44 heavy (non-hydrogen) atoms. The van der Waals surface area contributed by atoms with Gasteiger partial charge in [-0.2, -0.15) is 0 Å². The molecule has 4 heterocycles. The number of anilines is 1. The van der Waals surface area contributed by atoms with Gasteiger partial charge >= 0.3 is 65.2 Å². The summed E-state index contributed by atoms with van der Waals surface area (Å²) in [4.78, 5) is 65.3. The average molecular weight is 647 g/mol. The second-order valence-corrected chi connectivity index (χ2v) is 11.9. The topological polar surface area (TPSA) is 176 Å². The van der Waals surface area contributed by atoms with Gasteiger partial charge in [-0.1, -0.05) is 11.8 Å². The van der Waals surface area contributed by atoms with Gasteiger partial charge in [0.1, 0.15) is 17.8 Å². The minimum atomic E-state index is -1.62. The second kappa shape index (κ2) is 13.3. The zero-order chi connectivity index (χ0) is 30.0. The fourth-order valence-electron chi connectivity index (χ4n) is 5.69. The van der Waals surface area contributed by atoms with Crippen LogP contribution in [0.4, 0.5) is 14.9 Å². The number of β-lactam (4-membered cyclic amide) rings is 1. The van der Waals surface area contributed by atoms with Crippen LogP contribution in [0, 0.1) is 11.7 Å². The maximum absolute atomic E-state index is 15.2. The predicted octanol–water partition coefficient (Wildman–Crippen LogP) is -7.02. The number of fused-ring (bicyclic) bond motifs is 2. The molecule has 3 aliphatic heterocycles. The Morgan fingerprint density at radius 1 is 1.09 bits per heavy atom. The Morgan fingerprint density at radius 2 is 1.75 bits per heavy atom. The number of carbonyl (C=O) groups excluding carboxylic acids is 4. The number of nitrogens with zero attached hydrogens (tertiary/aromatic N) is 4. The molecule has 0 bridgehead atoms. The molecule has 222 valence electrons. The molecule has 4 aliphatic rings. The summed E-state index contributed by atoms with van der Waals surface area (Å²) in [5, 5.41) is 32.4. The maximum Gasteiger partial charge on any atom is 1.00 e. The number of carboxylic acid groups (broad SMARTS) is 2. The molecule has 1 aromatic heterocycles. The van der Waals surface area contributed by atoms with Crippen molar-refractivity contribution < 1.29 is 103 Å². The van der Waals surface area contributed by atoms with Crippen LogP contribution in [-0.4, -0.2) is 87.7 Å². The molecule has 0 radical (unpaired) electrons. The van der Waals surface area contributed by atoms with Crippen LogP contribution in [0.1, 0.15) is 36.2 Å². The van der Waals surface area contributed by atoms with E-state index in [2.05, 4.69) is 0 Å². The van der Waals surface area contributed by atoms with Crippen molar-refractivity contribution >= 4 is 52.3 Å². The number of piperazine rings is 1. The summed E-state index contributed by atoms with van der Waals surface area (Å²) < 4.78 is 22.3. The van der Waals surface area contributed by atoms with Crippen LogP contribution in [0.15, 0.2) is 33.7 Å². The summed E-state index contributed by atoms with van der Waals surface area (Å²) in [6.45, 7) is 1.82. The predicted molar refractivity (Wildman–Crippen MR) is 141 cm³/mol. The number of carboxylic acids is 2. The minimum absolute atomic E-state index is 0. The molecule has 2 aromatic rings. The molecule has 2 saturated heterocycles. The van der Waals surface area contributed by atoms with Gasteiger partial charge in [-0.05, 0) is 31.9 Å². The maximum atomic E-state index is 15.2. The van der Waals surface area contributed by atoms with Crippen LogP contribution >= 0.6 is 11.8 Å². The van der Waals surface area contributed by atoms with E-state index >= 15 is 4.39 Å². The molecule has 3 fully saturated rings. The number of rotatable bonds is 7. The third-order valence-corrected chi connectivity index (χ3v) is 9.37. The van der Waals surface area contributed by atoms with Crippen LogP contribution in [0.3, 0.4) is 0 Å². The molecule has 6 rings (SSSR count). The van der Waals surface area contributed by atoms with Gasteiger partial charge < -0.3 is 44.0 Å². The molecule has 17 heteroatoms. The van der Waals surface area contributed by atoms with Gasteiger partial charge in [-0.15, -0.1) is 0 Å². The molecule has 1 N–H and O–H groups in total. The number of halogens is 1. The normalized spacial score (nSPS) is 21.7. The fraction of sp³-hybridized carbons (Fsp3) is 0.444. The molecule has 13 nitrogen and oxygen atoms in total. The van der Waals surface area contributed by atoms with E-state index in [0.717, 1.165) is 35.6 Å². The van der Waals surface area contributed by atoms with E-state index in [1.54, 1.807) is 9.47 Å². The van der Waals surface area contributed by atoms with Gasteiger partial charge in [-0.25, -0.2) is 9.18 Å². The van der Waals surface area contributed by atoms with Gasteiger partial charge in [-0.3, -0.25) is 14.5 Å². The molecular weight excluding hydrogens is 621 g/mol. The van der Waals surface area contributed by atoms with Crippen molar-refractivity contribution in [3.63, 3.8) is 0 Å². The Morgan fingerprint density at radius 3 is 2.32 bits per heavy atom. The van der Waals surface area contributed by atoms with Crippen molar-refractivity contribution in [2.24, 2.45) is 5.92 Å².